The second kappa shape index (κ2) is 7.17. The van der Waals surface area contributed by atoms with Crippen LogP contribution < -0.4 is 5.73 Å². The van der Waals surface area contributed by atoms with Crippen molar-refractivity contribution in [3.05, 3.63) is 33.3 Å². The van der Waals surface area contributed by atoms with E-state index in [1.165, 1.54) is 34.0 Å². The minimum Gasteiger partial charge on any atom is -0.328 e. The molecule has 1 aromatic carbocycles. The van der Waals surface area contributed by atoms with E-state index in [0.29, 0.717) is 6.04 Å². The first-order valence-corrected chi connectivity index (χ1v) is 7.35. The molecule has 1 nitrogen and oxygen atoms in total. The van der Waals surface area contributed by atoms with Crippen LogP contribution in [0.3, 0.4) is 0 Å². The zero-order valence-corrected chi connectivity index (χ0v) is 12.8. The summed E-state index contributed by atoms with van der Waals surface area (Å²) in [7, 11) is 0. The summed E-state index contributed by atoms with van der Waals surface area (Å²) in [6.45, 7) is 6.52. The molecule has 96 valence electrons. The topological polar surface area (TPSA) is 26.0 Å². The lowest BCUT2D eigenvalue weighted by Gasteiger charge is -2.12. The van der Waals surface area contributed by atoms with Crippen LogP contribution in [0.25, 0.3) is 0 Å². The molecule has 0 saturated heterocycles. The van der Waals surface area contributed by atoms with Crippen molar-refractivity contribution in [1.29, 1.82) is 0 Å². The summed E-state index contributed by atoms with van der Waals surface area (Å²) in [5.74, 6) is 0. The smallest absolute Gasteiger partial charge is 0.0210 e. The Hall–Kier alpha value is -0.340. The van der Waals surface area contributed by atoms with Crippen LogP contribution in [0.5, 0.6) is 0 Å². The van der Waals surface area contributed by atoms with Crippen molar-refractivity contribution in [3.8, 4) is 0 Å². The molecular weight excluding hydrogens is 274 g/mol. The standard InChI is InChI=1S/C15H24BrN/c1-4-6-14(17)8-5-7-13-9-11(2)12(3)10-15(13)16/h9-10,14H,4-8,17H2,1-3H3. The average Bonchev–Trinajstić information content (AvgIpc) is 2.26. The number of aryl methyl sites for hydroxylation is 3. The largest absolute Gasteiger partial charge is 0.328 e. The SMILES string of the molecule is CCCC(N)CCCc1cc(C)c(C)cc1Br. The third kappa shape index (κ3) is 4.81. The highest BCUT2D eigenvalue weighted by Gasteiger charge is 2.05. The molecule has 2 N–H and O–H groups in total. The van der Waals surface area contributed by atoms with Gasteiger partial charge in [0.15, 0.2) is 0 Å². The summed E-state index contributed by atoms with van der Waals surface area (Å²) in [5, 5.41) is 0. The van der Waals surface area contributed by atoms with E-state index in [4.69, 9.17) is 5.73 Å². The Morgan fingerprint density at radius 1 is 1.18 bits per heavy atom. The summed E-state index contributed by atoms with van der Waals surface area (Å²) in [6.07, 6.45) is 5.77. The van der Waals surface area contributed by atoms with Crippen molar-refractivity contribution in [2.75, 3.05) is 0 Å². The highest BCUT2D eigenvalue weighted by Crippen LogP contribution is 2.23. The highest BCUT2D eigenvalue weighted by atomic mass is 79.9. The van der Waals surface area contributed by atoms with Crippen molar-refractivity contribution in [2.45, 2.75) is 58.9 Å². The second-order valence-corrected chi connectivity index (χ2v) is 5.82. The summed E-state index contributed by atoms with van der Waals surface area (Å²) in [6, 6.07) is 4.90. The van der Waals surface area contributed by atoms with E-state index >= 15 is 0 Å². The maximum atomic E-state index is 6.03. The summed E-state index contributed by atoms with van der Waals surface area (Å²) >= 11 is 3.65. The van der Waals surface area contributed by atoms with Gasteiger partial charge in [0.25, 0.3) is 0 Å². The van der Waals surface area contributed by atoms with E-state index in [9.17, 15) is 0 Å². The minimum atomic E-state index is 0.380. The lowest BCUT2D eigenvalue weighted by atomic mass is 10.00. The van der Waals surface area contributed by atoms with E-state index in [0.717, 1.165) is 19.3 Å². The fraction of sp³-hybridized carbons (Fsp3) is 0.600. The van der Waals surface area contributed by atoms with E-state index in [1.54, 1.807) is 0 Å². The van der Waals surface area contributed by atoms with Crippen LogP contribution in [0.2, 0.25) is 0 Å². The van der Waals surface area contributed by atoms with Crippen LogP contribution in [0, 0.1) is 13.8 Å². The average molecular weight is 298 g/mol. The van der Waals surface area contributed by atoms with Gasteiger partial charge in [-0.25, -0.2) is 0 Å². The van der Waals surface area contributed by atoms with Crippen LogP contribution >= 0.6 is 15.9 Å². The van der Waals surface area contributed by atoms with Crippen molar-refractivity contribution in [1.82, 2.24) is 0 Å². The van der Waals surface area contributed by atoms with Crippen molar-refractivity contribution in [2.24, 2.45) is 5.73 Å². The molecule has 0 heterocycles. The van der Waals surface area contributed by atoms with Crippen molar-refractivity contribution < 1.29 is 0 Å². The summed E-state index contributed by atoms with van der Waals surface area (Å²) in [4.78, 5) is 0. The van der Waals surface area contributed by atoms with Crippen LogP contribution in [-0.2, 0) is 6.42 Å². The van der Waals surface area contributed by atoms with Gasteiger partial charge in [-0.15, -0.1) is 0 Å². The molecule has 1 unspecified atom stereocenters. The Morgan fingerprint density at radius 3 is 2.47 bits per heavy atom. The first-order valence-electron chi connectivity index (χ1n) is 6.55. The number of nitrogens with two attached hydrogens (primary N) is 1. The summed E-state index contributed by atoms with van der Waals surface area (Å²) in [5.41, 5.74) is 10.2. The number of benzene rings is 1. The molecular formula is C15H24BrN. The monoisotopic (exact) mass is 297 g/mol. The lowest BCUT2D eigenvalue weighted by Crippen LogP contribution is -2.19. The van der Waals surface area contributed by atoms with Gasteiger partial charge in [-0.05, 0) is 62.3 Å². The van der Waals surface area contributed by atoms with Crippen LogP contribution in [-0.4, -0.2) is 6.04 Å². The molecule has 1 aromatic rings. The van der Waals surface area contributed by atoms with Crippen LogP contribution in [0.15, 0.2) is 16.6 Å². The lowest BCUT2D eigenvalue weighted by molar-refractivity contribution is 0.539. The maximum absolute atomic E-state index is 6.03. The Balaban J connectivity index is 2.49. The molecule has 17 heavy (non-hydrogen) atoms. The Labute approximate surface area is 114 Å². The van der Waals surface area contributed by atoms with Gasteiger partial charge < -0.3 is 5.73 Å². The summed E-state index contributed by atoms with van der Waals surface area (Å²) < 4.78 is 1.24. The van der Waals surface area contributed by atoms with Gasteiger partial charge in [-0.1, -0.05) is 35.3 Å². The zero-order valence-electron chi connectivity index (χ0n) is 11.2. The second-order valence-electron chi connectivity index (χ2n) is 4.97. The quantitative estimate of drug-likeness (QED) is 0.821. The molecule has 0 aliphatic rings. The minimum absolute atomic E-state index is 0.380. The van der Waals surface area contributed by atoms with E-state index in [2.05, 4.69) is 48.8 Å². The number of rotatable bonds is 6. The molecule has 0 amide bonds. The Kier molecular flexibility index (Phi) is 6.21. The van der Waals surface area contributed by atoms with Crippen LogP contribution in [0.4, 0.5) is 0 Å². The third-order valence-corrected chi connectivity index (χ3v) is 4.08. The molecule has 0 aromatic heterocycles. The van der Waals surface area contributed by atoms with Gasteiger partial charge in [0.1, 0.15) is 0 Å². The fourth-order valence-electron chi connectivity index (χ4n) is 2.10. The molecule has 0 bridgehead atoms. The predicted octanol–water partition coefficient (Wildman–Crippen LogP) is 4.52. The van der Waals surface area contributed by atoms with Gasteiger partial charge in [0.2, 0.25) is 0 Å². The van der Waals surface area contributed by atoms with E-state index < -0.39 is 0 Å². The molecule has 0 aliphatic carbocycles. The Bertz CT molecular complexity index is 360. The molecule has 1 rings (SSSR count). The Morgan fingerprint density at radius 2 is 1.82 bits per heavy atom. The predicted molar refractivity (Wildman–Crippen MR) is 79.4 cm³/mol. The first-order chi connectivity index (χ1) is 8.04. The third-order valence-electron chi connectivity index (χ3n) is 3.34. The van der Waals surface area contributed by atoms with Gasteiger partial charge in [0, 0.05) is 10.5 Å². The number of halogens is 1. The van der Waals surface area contributed by atoms with Crippen molar-refractivity contribution in [3.63, 3.8) is 0 Å². The van der Waals surface area contributed by atoms with E-state index in [-0.39, 0.29) is 0 Å². The molecule has 0 radical (unpaired) electrons. The maximum Gasteiger partial charge on any atom is 0.0210 e. The van der Waals surface area contributed by atoms with Gasteiger partial charge >= 0.3 is 0 Å². The first kappa shape index (κ1) is 14.7. The molecule has 0 spiro atoms. The normalized spacial score (nSPS) is 12.8. The highest BCUT2D eigenvalue weighted by molar-refractivity contribution is 9.10. The fourth-order valence-corrected chi connectivity index (χ4v) is 2.76. The molecule has 1 atom stereocenters. The van der Waals surface area contributed by atoms with Gasteiger partial charge in [-0.2, -0.15) is 0 Å². The number of hydrogen-bond acceptors (Lipinski definition) is 1. The molecule has 0 saturated carbocycles. The van der Waals surface area contributed by atoms with Crippen molar-refractivity contribution >= 4 is 15.9 Å². The molecule has 0 fully saturated rings. The van der Waals surface area contributed by atoms with Gasteiger partial charge in [0.05, 0.1) is 0 Å². The van der Waals surface area contributed by atoms with Gasteiger partial charge in [-0.3, -0.25) is 0 Å². The zero-order chi connectivity index (χ0) is 12.8. The van der Waals surface area contributed by atoms with E-state index in [1.807, 2.05) is 0 Å². The van der Waals surface area contributed by atoms with Crippen LogP contribution in [0.1, 0.15) is 49.3 Å². The number of hydrogen-bond donors (Lipinski definition) is 1. The molecule has 0 aliphatic heterocycles. The molecule has 2 heteroatoms.